The number of hydrogen-bond acceptors (Lipinski definition) is 2. The summed E-state index contributed by atoms with van der Waals surface area (Å²) in [6.07, 6.45) is 3.95. The van der Waals surface area contributed by atoms with Gasteiger partial charge in [0.25, 0.3) is 0 Å². The zero-order valence-electron chi connectivity index (χ0n) is 10.5. The lowest BCUT2D eigenvalue weighted by molar-refractivity contribution is -0.122. The van der Waals surface area contributed by atoms with Gasteiger partial charge in [-0.15, -0.1) is 0 Å². The van der Waals surface area contributed by atoms with E-state index in [2.05, 4.69) is 26.1 Å². The largest absolute Gasteiger partial charge is 0.384 e. The Hall–Kier alpha value is -0.570. The van der Waals surface area contributed by atoms with Crippen LogP contribution in [-0.2, 0) is 9.53 Å². The van der Waals surface area contributed by atoms with Crippen LogP contribution >= 0.6 is 0 Å². The van der Waals surface area contributed by atoms with E-state index >= 15 is 0 Å². The second-order valence-electron chi connectivity index (χ2n) is 4.54. The molecule has 15 heavy (non-hydrogen) atoms. The Morgan fingerprint density at radius 1 is 1.27 bits per heavy atom. The smallest absolute Gasteiger partial charge is 0.222 e. The molecule has 1 unspecified atom stereocenters. The summed E-state index contributed by atoms with van der Waals surface area (Å²) < 4.78 is 4.85. The van der Waals surface area contributed by atoms with Crippen molar-refractivity contribution in [3.8, 4) is 0 Å². The first-order chi connectivity index (χ1) is 7.06. The maximum absolute atomic E-state index is 11.3. The standard InChI is InChI=1S/C12H25NO2/c1-10(2)6-5-7-11(3)13-12(14)8-9-15-4/h10-11H,5-9H2,1-4H3,(H,13,14). The van der Waals surface area contributed by atoms with Gasteiger partial charge in [0.15, 0.2) is 0 Å². The van der Waals surface area contributed by atoms with Gasteiger partial charge in [0.05, 0.1) is 6.61 Å². The van der Waals surface area contributed by atoms with Crippen molar-refractivity contribution >= 4 is 5.91 Å². The first kappa shape index (κ1) is 14.4. The van der Waals surface area contributed by atoms with Crippen molar-refractivity contribution in [3.63, 3.8) is 0 Å². The van der Waals surface area contributed by atoms with Crippen LogP contribution in [0.5, 0.6) is 0 Å². The lowest BCUT2D eigenvalue weighted by atomic mass is 10.0. The van der Waals surface area contributed by atoms with Crippen molar-refractivity contribution in [1.82, 2.24) is 5.32 Å². The zero-order chi connectivity index (χ0) is 11.7. The molecule has 0 aromatic rings. The van der Waals surface area contributed by atoms with Gasteiger partial charge >= 0.3 is 0 Å². The molecule has 0 aromatic carbocycles. The molecule has 90 valence electrons. The fourth-order valence-corrected chi connectivity index (χ4v) is 1.45. The van der Waals surface area contributed by atoms with Crippen molar-refractivity contribution in [2.75, 3.05) is 13.7 Å². The molecule has 0 rings (SSSR count). The first-order valence-electron chi connectivity index (χ1n) is 5.84. The summed E-state index contributed by atoms with van der Waals surface area (Å²) in [6.45, 7) is 7.01. The van der Waals surface area contributed by atoms with Gasteiger partial charge < -0.3 is 10.1 Å². The van der Waals surface area contributed by atoms with Gasteiger partial charge in [-0.05, 0) is 19.3 Å². The summed E-state index contributed by atoms with van der Waals surface area (Å²) in [7, 11) is 1.61. The van der Waals surface area contributed by atoms with Crippen molar-refractivity contribution in [1.29, 1.82) is 0 Å². The number of hydrogen-bond donors (Lipinski definition) is 1. The number of rotatable bonds is 8. The molecule has 0 aliphatic heterocycles. The van der Waals surface area contributed by atoms with E-state index in [0.717, 1.165) is 12.3 Å². The van der Waals surface area contributed by atoms with Crippen LogP contribution < -0.4 is 5.32 Å². The zero-order valence-corrected chi connectivity index (χ0v) is 10.5. The molecular formula is C12H25NO2. The van der Waals surface area contributed by atoms with Crippen LogP contribution in [0, 0.1) is 5.92 Å². The quantitative estimate of drug-likeness (QED) is 0.675. The lowest BCUT2D eigenvalue weighted by Crippen LogP contribution is -2.33. The van der Waals surface area contributed by atoms with Gasteiger partial charge in [0.2, 0.25) is 5.91 Å². The fraction of sp³-hybridized carbons (Fsp3) is 0.917. The summed E-state index contributed by atoms with van der Waals surface area (Å²) >= 11 is 0. The highest BCUT2D eigenvalue weighted by molar-refractivity contribution is 5.76. The van der Waals surface area contributed by atoms with Crippen LogP contribution in [0.3, 0.4) is 0 Å². The first-order valence-corrected chi connectivity index (χ1v) is 5.84. The summed E-state index contributed by atoms with van der Waals surface area (Å²) in [4.78, 5) is 11.3. The number of ether oxygens (including phenoxy) is 1. The minimum Gasteiger partial charge on any atom is -0.384 e. The van der Waals surface area contributed by atoms with E-state index in [1.807, 2.05) is 0 Å². The number of methoxy groups -OCH3 is 1. The van der Waals surface area contributed by atoms with Crippen molar-refractivity contribution < 1.29 is 9.53 Å². The molecule has 3 nitrogen and oxygen atoms in total. The molecule has 0 spiro atoms. The summed E-state index contributed by atoms with van der Waals surface area (Å²) in [5.41, 5.74) is 0. The van der Waals surface area contributed by atoms with E-state index in [1.165, 1.54) is 12.8 Å². The van der Waals surface area contributed by atoms with Crippen molar-refractivity contribution in [2.24, 2.45) is 5.92 Å². The predicted molar refractivity (Wildman–Crippen MR) is 62.8 cm³/mol. The van der Waals surface area contributed by atoms with E-state index in [0.29, 0.717) is 13.0 Å². The average molecular weight is 215 g/mol. The Balaban J connectivity index is 3.46. The number of carbonyl (C=O) groups is 1. The van der Waals surface area contributed by atoms with Gasteiger partial charge in [-0.25, -0.2) is 0 Å². The minimum atomic E-state index is 0.0916. The third-order valence-electron chi connectivity index (χ3n) is 2.36. The maximum Gasteiger partial charge on any atom is 0.222 e. The van der Waals surface area contributed by atoms with Gasteiger partial charge in [-0.1, -0.05) is 26.7 Å². The Kier molecular flexibility index (Phi) is 8.38. The molecule has 0 aliphatic carbocycles. The van der Waals surface area contributed by atoms with E-state index < -0.39 is 0 Å². The van der Waals surface area contributed by atoms with E-state index in [9.17, 15) is 4.79 Å². The summed E-state index contributed by atoms with van der Waals surface area (Å²) in [5.74, 6) is 0.843. The average Bonchev–Trinajstić information content (AvgIpc) is 2.14. The molecule has 0 radical (unpaired) electrons. The molecule has 0 bridgehead atoms. The third-order valence-corrected chi connectivity index (χ3v) is 2.36. The van der Waals surface area contributed by atoms with Crippen LogP contribution in [0.4, 0.5) is 0 Å². The van der Waals surface area contributed by atoms with Gasteiger partial charge in [-0.2, -0.15) is 0 Å². The molecule has 1 N–H and O–H groups in total. The van der Waals surface area contributed by atoms with Crippen molar-refractivity contribution in [2.45, 2.75) is 52.5 Å². The predicted octanol–water partition coefficient (Wildman–Crippen LogP) is 2.35. The minimum absolute atomic E-state index is 0.0916. The number of nitrogens with one attached hydrogen (secondary N) is 1. The molecule has 1 atom stereocenters. The van der Waals surface area contributed by atoms with E-state index in [4.69, 9.17) is 4.74 Å². The van der Waals surface area contributed by atoms with Crippen LogP contribution in [0.2, 0.25) is 0 Å². The van der Waals surface area contributed by atoms with Gasteiger partial charge in [0.1, 0.15) is 0 Å². The summed E-state index contributed by atoms with van der Waals surface area (Å²) in [5, 5.41) is 2.97. The van der Waals surface area contributed by atoms with Crippen LogP contribution in [0.1, 0.15) is 46.5 Å². The summed E-state index contributed by atoms with van der Waals surface area (Å²) in [6, 6.07) is 0.285. The van der Waals surface area contributed by atoms with Gasteiger partial charge in [0, 0.05) is 19.6 Å². The highest BCUT2D eigenvalue weighted by Gasteiger charge is 2.06. The fourth-order valence-electron chi connectivity index (χ4n) is 1.45. The Bertz CT molecular complexity index is 169. The molecule has 0 aromatic heterocycles. The Morgan fingerprint density at radius 2 is 1.93 bits per heavy atom. The maximum atomic E-state index is 11.3. The van der Waals surface area contributed by atoms with Gasteiger partial charge in [-0.3, -0.25) is 4.79 Å². The molecular weight excluding hydrogens is 190 g/mol. The Morgan fingerprint density at radius 3 is 2.47 bits per heavy atom. The van der Waals surface area contributed by atoms with E-state index in [-0.39, 0.29) is 11.9 Å². The van der Waals surface area contributed by atoms with Crippen LogP contribution in [0.15, 0.2) is 0 Å². The van der Waals surface area contributed by atoms with E-state index in [1.54, 1.807) is 7.11 Å². The molecule has 0 fully saturated rings. The second-order valence-corrected chi connectivity index (χ2v) is 4.54. The normalized spacial score (nSPS) is 12.9. The molecule has 3 heteroatoms. The molecule has 0 saturated heterocycles. The highest BCUT2D eigenvalue weighted by atomic mass is 16.5. The SMILES string of the molecule is COCCC(=O)NC(C)CCCC(C)C. The number of amides is 1. The number of carbonyl (C=O) groups excluding carboxylic acids is 1. The molecule has 0 saturated carbocycles. The highest BCUT2D eigenvalue weighted by Crippen LogP contribution is 2.08. The Labute approximate surface area is 93.6 Å². The van der Waals surface area contributed by atoms with Crippen molar-refractivity contribution in [3.05, 3.63) is 0 Å². The van der Waals surface area contributed by atoms with Crippen LogP contribution in [0.25, 0.3) is 0 Å². The van der Waals surface area contributed by atoms with Crippen LogP contribution in [-0.4, -0.2) is 25.7 Å². The molecule has 0 heterocycles. The third kappa shape index (κ3) is 9.73. The lowest BCUT2D eigenvalue weighted by Gasteiger charge is -2.14. The monoisotopic (exact) mass is 215 g/mol. The molecule has 0 aliphatic rings. The molecule has 1 amide bonds. The topological polar surface area (TPSA) is 38.3 Å². The second kappa shape index (κ2) is 8.72.